The maximum atomic E-state index is 13.3. The van der Waals surface area contributed by atoms with Gasteiger partial charge in [0, 0.05) is 44.3 Å². The lowest BCUT2D eigenvalue weighted by atomic mass is 10.0. The minimum Gasteiger partial charge on any atom is -0.293 e. The molecule has 0 N–H and O–H groups in total. The number of imidazole rings is 1. The molecule has 0 bridgehead atoms. The fourth-order valence-corrected chi connectivity index (χ4v) is 5.83. The summed E-state index contributed by atoms with van der Waals surface area (Å²) < 4.78 is 30.6. The summed E-state index contributed by atoms with van der Waals surface area (Å²) in [7, 11) is 0.199. The molecule has 12 heteroatoms. The van der Waals surface area contributed by atoms with Crippen LogP contribution in [0.15, 0.2) is 53.7 Å². The Morgan fingerprint density at radius 2 is 1.81 bits per heavy atom. The Morgan fingerprint density at radius 1 is 1.00 bits per heavy atom. The smallest absolute Gasteiger partial charge is 0.293 e. The number of aryl methyl sites for hydroxylation is 2. The summed E-state index contributed by atoms with van der Waals surface area (Å²) in [5, 5.41) is 8.90. The van der Waals surface area contributed by atoms with E-state index in [0.29, 0.717) is 24.2 Å². The van der Waals surface area contributed by atoms with Crippen molar-refractivity contribution in [2.75, 3.05) is 19.3 Å². The molecule has 0 aliphatic carbocycles. The van der Waals surface area contributed by atoms with E-state index in [-0.39, 0.29) is 18.3 Å². The second kappa shape index (κ2) is 8.07. The van der Waals surface area contributed by atoms with E-state index in [2.05, 4.69) is 20.3 Å². The highest BCUT2D eigenvalue weighted by molar-refractivity contribution is 7.88. The topological polar surface area (TPSA) is 121 Å². The number of benzene rings is 1. The molecule has 5 aromatic rings. The molecule has 1 saturated heterocycles. The van der Waals surface area contributed by atoms with E-state index >= 15 is 0 Å². The number of aromatic nitrogens is 7. The Balaban J connectivity index is 1.48. The summed E-state index contributed by atoms with van der Waals surface area (Å²) in [5.74, 6) is 0. The Kier molecular flexibility index (Phi) is 5.05. The van der Waals surface area contributed by atoms with Crippen LogP contribution >= 0.6 is 0 Å². The van der Waals surface area contributed by atoms with Gasteiger partial charge in [-0.1, -0.05) is 17.3 Å². The number of hydrogen-bond acceptors (Lipinski definition) is 7. The fourth-order valence-electron chi connectivity index (χ4n) is 4.95. The van der Waals surface area contributed by atoms with Crippen LogP contribution in [0, 0.1) is 0 Å². The zero-order valence-corrected chi connectivity index (χ0v) is 20.8. The van der Waals surface area contributed by atoms with Gasteiger partial charge in [0.25, 0.3) is 0 Å². The van der Waals surface area contributed by atoms with Crippen molar-refractivity contribution < 1.29 is 8.42 Å². The van der Waals surface area contributed by atoms with Crippen molar-refractivity contribution in [2.24, 2.45) is 14.1 Å². The minimum atomic E-state index is -3.33. The van der Waals surface area contributed by atoms with Gasteiger partial charge in [0.1, 0.15) is 5.69 Å². The fraction of sp³-hybridized carbons (Fsp3) is 0.292. The molecule has 4 aromatic heterocycles. The third-order valence-electron chi connectivity index (χ3n) is 6.84. The molecule has 1 fully saturated rings. The molecule has 6 rings (SSSR count). The van der Waals surface area contributed by atoms with Gasteiger partial charge in [0.15, 0.2) is 0 Å². The van der Waals surface area contributed by atoms with Gasteiger partial charge in [-0.15, -0.1) is 5.10 Å². The van der Waals surface area contributed by atoms with E-state index in [1.54, 1.807) is 33.3 Å². The lowest BCUT2D eigenvalue weighted by Crippen LogP contribution is -2.31. The van der Waals surface area contributed by atoms with Gasteiger partial charge >= 0.3 is 5.69 Å². The van der Waals surface area contributed by atoms with Crippen molar-refractivity contribution in [2.45, 2.75) is 12.5 Å². The Hall–Kier alpha value is -3.90. The van der Waals surface area contributed by atoms with Crippen LogP contribution in [0.2, 0.25) is 0 Å². The first-order valence-corrected chi connectivity index (χ1v) is 13.3. The first-order chi connectivity index (χ1) is 17.2. The van der Waals surface area contributed by atoms with Crippen molar-refractivity contribution >= 4 is 32.0 Å². The molecule has 1 atom stereocenters. The minimum absolute atomic E-state index is 0.181. The highest BCUT2D eigenvalue weighted by Gasteiger charge is 2.32. The van der Waals surface area contributed by atoms with Crippen LogP contribution < -0.4 is 5.69 Å². The average Bonchev–Trinajstić information content (AvgIpc) is 3.58. The third-order valence-corrected chi connectivity index (χ3v) is 8.11. The van der Waals surface area contributed by atoms with Crippen LogP contribution in [-0.2, 0) is 24.1 Å². The summed E-state index contributed by atoms with van der Waals surface area (Å²) in [6.45, 7) is 0.666. The predicted molar refractivity (Wildman–Crippen MR) is 136 cm³/mol. The molecular weight excluding hydrogens is 480 g/mol. The molecule has 1 aliphatic heterocycles. The highest BCUT2D eigenvalue weighted by Crippen LogP contribution is 2.32. The predicted octanol–water partition coefficient (Wildman–Crippen LogP) is 1.95. The van der Waals surface area contributed by atoms with Crippen LogP contribution in [0.25, 0.3) is 44.5 Å². The van der Waals surface area contributed by atoms with E-state index in [1.165, 1.54) is 10.6 Å². The van der Waals surface area contributed by atoms with Crippen LogP contribution in [0.4, 0.5) is 0 Å². The maximum absolute atomic E-state index is 13.3. The molecule has 36 heavy (non-hydrogen) atoms. The van der Waals surface area contributed by atoms with Crippen LogP contribution in [0.1, 0.15) is 12.5 Å². The number of rotatable bonds is 4. The van der Waals surface area contributed by atoms with E-state index in [4.69, 9.17) is 0 Å². The number of pyridine rings is 2. The van der Waals surface area contributed by atoms with Crippen LogP contribution in [0.5, 0.6) is 0 Å². The zero-order chi connectivity index (χ0) is 25.2. The van der Waals surface area contributed by atoms with Crippen molar-refractivity contribution in [3.8, 4) is 22.5 Å². The van der Waals surface area contributed by atoms with Crippen LogP contribution in [-0.4, -0.2) is 66.2 Å². The second-order valence-corrected chi connectivity index (χ2v) is 11.2. The normalized spacial score (nSPS) is 16.9. The van der Waals surface area contributed by atoms with Crippen molar-refractivity contribution in [3.63, 3.8) is 0 Å². The van der Waals surface area contributed by atoms with Gasteiger partial charge < -0.3 is 0 Å². The summed E-state index contributed by atoms with van der Waals surface area (Å²) in [6, 6.07) is 9.55. The van der Waals surface area contributed by atoms with Crippen LogP contribution in [0.3, 0.4) is 0 Å². The number of hydrogen-bond donors (Lipinski definition) is 0. The first-order valence-electron chi connectivity index (χ1n) is 11.5. The monoisotopic (exact) mass is 504 g/mol. The zero-order valence-electron chi connectivity index (χ0n) is 20.0. The van der Waals surface area contributed by atoms with E-state index in [9.17, 15) is 13.2 Å². The van der Waals surface area contributed by atoms with Gasteiger partial charge in [-0.2, -0.15) is 0 Å². The number of nitrogens with zero attached hydrogens (tertiary/aromatic N) is 8. The molecule has 0 spiro atoms. The van der Waals surface area contributed by atoms with Gasteiger partial charge in [-0.25, -0.2) is 17.5 Å². The first kappa shape index (κ1) is 22.6. The molecule has 0 radical (unpaired) electrons. The maximum Gasteiger partial charge on any atom is 0.329 e. The number of fused-ring (bicyclic) bond motifs is 3. The standard InChI is InChI=1S/C24H24N8O3S/c1-29-14-21(27-28-29)20-7-5-16(11-25-20)15-4-6-19-18(10-15)23-22(12-26-19)30(2)24(33)32(23)17-8-9-31(13-17)36(3,34)35/h4-7,10-12,14,17H,8-9,13H2,1-3H3. The van der Waals surface area contributed by atoms with Gasteiger partial charge in [0.05, 0.1) is 46.9 Å². The lowest BCUT2D eigenvalue weighted by Gasteiger charge is -2.15. The van der Waals surface area contributed by atoms with Gasteiger partial charge in [-0.05, 0) is 30.2 Å². The summed E-state index contributed by atoms with van der Waals surface area (Å²) in [4.78, 5) is 22.5. The molecule has 1 unspecified atom stereocenters. The van der Waals surface area contributed by atoms with E-state index < -0.39 is 10.0 Å². The average molecular weight is 505 g/mol. The summed E-state index contributed by atoms with van der Waals surface area (Å²) >= 11 is 0. The Bertz CT molecular complexity index is 1800. The Labute approximate surface area is 206 Å². The molecule has 184 valence electrons. The molecular formula is C24H24N8O3S. The van der Waals surface area contributed by atoms with E-state index in [0.717, 1.165) is 33.2 Å². The van der Waals surface area contributed by atoms with E-state index in [1.807, 2.05) is 43.6 Å². The molecule has 11 nitrogen and oxygen atoms in total. The quantitative estimate of drug-likeness (QED) is 0.367. The molecule has 1 aromatic carbocycles. The molecule has 5 heterocycles. The summed E-state index contributed by atoms with van der Waals surface area (Å²) in [5.41, 5.74) is 5.31. The molecule has 0 amide bonds. The SMILES string of the molecule is Cn1cc(-c2ccc(-c3ccc4ncc5c(c4c3)n(C3CCN(S(C)(=O)=O)C3)c(=O)n5C)cn2)nn1. The largest absolute Gasteiger partial charge is 0.329 e. The van der Waals surface area contributed by atoms with Crippen molar-refractivity contribution in [3.05, 3.63) is 59.4 Å². The van der Waals surface area contributed by atoms with Gasteiger partial charge in [-0.3, -0.25) is 23.8 Å². The lowest BCUT2D eigenvalue weighted by molar-refractivity contribution is 0.454. The third kappa shape index (κ3) is 3.60. The molecule has 0 saturated carbocycles. The highest BCUT2D eigenvalue weighted by atomic mass is 32.2. The van der Waals surface area contributed by atoms with Gasteiger partial charge in [0.2, 0.25) is 10.0 Å². The van der Waals surface area contributed by atoms with Crippen molar-refractivity contribution in [1.29, 1.82) is 0 Å². The second-order valence-electron chi connectivity index (χ2n) is 9.21. The molecule has 1 aliphatic rings. The summed E-state index contributed by atoms with van der Waals surface area (Å²) in [6.07, 6.45) is 7.08. The number of sulfonamides is 1. The van der Waals surface area contributed by atoms with Crippen molar-refractivity contribution in [1.82, 2.24) is 38.4 Å². The Morgan fingerprint density at radius 3 is 2.47 bits per heavy atom.